The Kier molecular flexibility index (Phi) is 3.71. The van der Waals surface area contributed by atoms with Crippen LogP contribution in [0.5, 0.6) is 0 Å². The SMILES string of the molecule is Cn1nc(NCc2cccc(Cl)c2)c(=O)n(C)c1=O. The Morgan fingerprint density at radius 3 is 2.74 bits per heavy atom. The van der Waals surface area contributed by atoms with Gasteiger partial charge in [0.05, 0.1) is 0 Å². The number of aromatic nitrogens is 3. The van der Waals surface area contributed by atoms with E-state index in [1.54, 1.807) is 12.1 Å². The molecule has 6 nitrogen and oxygen atoms in total. The van der Waals surface area contributed by atoms with E-state index in [0.29, 0.717) is 11.6 Å². The van der Waals surface area contributed by atoms with Gasteiger partial charge in [-0.25, -0.2) is 9.48 Å². The summed E-state index contributed by atoms with van der Waals surface area (Å²) in [6.07, 6.45) is 0. The predicted octanol–water partition coefficient (Wildman–Crippen LogP) is 0.744. The standard InChI is InChI=1S/C12H13ClN4O2/c1-16-11(18)10(15-17(2)12(16)19)14-7-8-4-3-5-9(13)6-8/h3-6H,7H2,1-2H3,(H,14,15). The molecule has 0 aliphatic carbocycles. The van der Waals surface area contributed by atoms with Crippen molar-refractivity contribution in [2.75, 3.05) is 5.32 Å². The fourth-order valence-electron chi connectivity index (χ4n) is 1.64. The van der Waals surface area contributed by atoms with Crippen LogP contribution in [0.2, 0.25) is 5.02 Å². The summed E-state index contributed by atoms with van der Waals surface area (Å²) in [7, 11) is 2.91. The Hall–Kier alpha value is -2.08. The summed E-state index contributed by atoms with van der Waals surface area (Å²) in [6, 6.07) is 7.27. The van der Waals surface area contributed by atoms with Gasteiger partial charge < -0.3 is 5.32 Å². The second kappa shape index (κ2) is 5.27. The third kappa shape index (κ3) is 2.85. The van der Waals surface area contributed by atoms with Crippen LogP contribution in [0.3, 0.4) is 0 Å². The number of hydrogen-bond donors (Lipinski definition) is 1. The van der Waals surface area contributed by atoms with E-state index in [1.165, 1.54) is 14.1 Å². The summed E-state index contributed by atoms with van der Waals surface area (Å²) in [4.78, 5) is 23.3. The molecule has 0 unspecified atom stereocenters. The van der Waals surface area contributed by atoms with Crippen molar-refractivity contribution < 1.29 is 0 Å². The van der Waals surface area contributed by atoms with Crippen LogP contribution in [0, 0.1) is 0 Å². The van der Waals surface area contributed by atoms with E-state index in [9.17, 15) is 9.59 Å². The number of nitrogens with zero attached hydrogens (tertiary/aromatic N) is 3. The maximum absolute atomic E-state index is 11.8. The topological polar surface area (TPSA) is 68.9 Å². The molecule has 0 atom stereocenters. The Balaban J connectivity index is 2.26. The third-order valence-corrected chi connectivity index (χ3v) is 2.91. The molecule has 2 rings (SSSR count). The second-order valence-corrected chi connectivity index (χ2v) is 4.54. The van der Waals surface area contributed by atoms with Crippen LogP contribution in [0.25, 0.3) is 0 Å². The summed E-state index contributed by atoms with van der Waals surface area (Å²) in [5.41, 5.74) is 0.00800. The first-order chi connectivity index (χ1) is 8.99. The lowest BCUT2D eigenvalue weighted by Gasteiger charge is -2.08. The zero-order valence-corrected chi connectivity index (χ0v) is 11.3. The van der Waals surface area contributed by atoms with Gasteiger partial charge in [-0.05, 0) is 17.7 Å². The van der Waals surface area contributed by atoms with Gasteiger partial charge in [0.25, 0.3) is 5.56 Å². The van der Waals surface area contributed by atoms with Gasteiger partial charge in [-0.2, -0.15) is 0 Å². The van der Waals surface area contributed by atoms with Crippen LogP contribution in [-0.4, -0.2) is 14.3 Å². The highest BCUT2D eigenvalue weighted by Gasteiger charge is 2.07. The van der Waals surface area contributed by atoms with Gasteiger partial charge in [0, 0.05) is 25.7 Å². The maximum atomic E-state index is 11.8. The average molecular weight is 281 g/mol. The molecule has 100 valence electrons. The molecular formula is C12H13ClN4O2. The first-order valence-electron chi connectivity index (χ1n) is 5.61. The Morgan fingerprint density at radius 1 is 1.32 bits per heavy atom. The lowest BCUT2D eigenvalue weighted by atomic mass is 10.2. The zero-order valence-electron chi connectivity index (χ0n) is 10.6. The van der Waals surface area contributed by atoms with E-state index in [0.717, 1.165) is 14.8 Å². The minimum Gasteiger partial charge on any atom is -0.360 e. The molecule has 1 aromatic carbocycles. The first kappa shape index (κ1) is 13.4. The van der Waals surface area contributed by atoms with Crippen molar-refractivity contribution in [1.82, 2.24) is 14.3 Å². The molecule has 0 aliphatic rings. The van der Waals surface area contributed by atoms with Crippen LogP contribution < -0.4 is 16.6 Å². The summed E-state index contributed by atoms with van der Waals surface area (Å²) in [5, 5.41) is 7.43. The van der Waals surface area contributed by atoms with Crippen molar-refractivity contribution >= 4 is 17.4 Å². The average Bonchev–Trinajstić information content (AvgIpc) is 2.39. The van der Waals surface area contributed by atoms with Crippen LogP contribution >= 0.6 is 11.6 Å². The largest absolute Gasteiger partial charge is 0.360 e. The molecule has 0 fully saturated rings. The lowest BCUT2D eigenvalue weighted by Crippen LogP contribution is -2.39. The molecule has 0 bridgehead atoms. The molecule has 2 aromatic rings. The van der Waals surface area contributed by atoms with Crippen LogP contribution in [0.15, 0.2) is 33.9 Å². The highest BCUT2D eigenvalue weighted by molar-refractivity contribution is 6.30. The number of halogens is 1. The highest BCUT2D eigenvalue weighted by atomic mass is 35.5. The summed E-state index contributed by atoms with van der Waals surface area (Å²) in [5.74, 6) is 0.129. The first-order valence-corrected chi connectivity index (χ1v) is 5.99. The summed E-state index contributed by atoms with van der Waals surface area (Å²) in [6.45, 7) is 0.404. The lowest BCUT2D eigenvalue weighted by molar-refractivity contribution is 0.604. The van der Waals surface area contributed by atoms with Crippen molar-refractivity contribution in [3.05, 3.63) is 55.7 Å². The minimum absolute atomic E-state index is 0.129. The Bertz CT molecular complexity index is 720. The number of benzene rings is 1. The van der Waals surface area contributed by atoms with E-state index in [2.05, 4.69) is 10.4 Å². The molecule has 0 saturated carbocycles. The molecule has 1 N–H and O–H groups in total. The van der Waals surface area contributed by atoms with Crippen molar-refractivity contribution in [3.8, 4) is 0 Å². The fourth-order valence-corrected chi connectivity index (χ4v) is 1.85. The molecule has 0 amide bonds. The zero-order chi connectivity index (χ0) is 14.0. The predicted molar refractivity (Wildman–Crippen MR) is 73.5 cm³/mol. The van der Waals surface area contributed by atoms with Crippen molar-refractivity contribution in [2.24, 2.45) is 14.1 Å². The van der Waals surface area contributed by atoms with Crippen molar-refractivity contribution in [3.63, 3.8) is 0 Å². The smallest absolute Gasteiger partial charge is 0.346 e. The van der Waals surface area contributed by atoms with E-state index >= 15 is 0 Å². The Morgan fingerprint density at radius 2 is 2.05 bits per heavy atom. The molecule has 7 heteroatoms. The van der Waals surface area contributed by atoms with E-state index in [1.807, 2.05) is 12.1 Å². The van der Waals surface area contributed by atoms with Gasteiger partial charge in [0.15, 0.2) is 0 Å². The number of nitrogens with one attached hydrogen (secondary N) is 1. The number of aryl methyl sites for hydroxylation is 1. The normalized spacial score (nSPS) is 10.5. The second-order valence-electron chi connectivity index (χ2n) is 4.10. The fraction of sp³-hybridized carbons (Fsp3) is 0.250. The summed E-state index contributed by atoms with van der Waals surface area (Å²) >= 11 is 5.87. The number of rotatable bonds is 3. The molecule has 0 spiro atoms. The molecule has 1 aromatic heterocycles. The molecule has 0 radical (unpaired) electrons. The molecule has 19 heavy (non-hydrogen) atoms. The van der Waals surface area contributed by atoms with E-state index < -0.39 is 11.2 Å². The molecule has 0 saturated heterocycles. The maximum Gasteiger partial charge on any atom is 0.346 e. The van der Waals surface area contributed by atoms with E-state index in [-0.39, 0.29) is 5.82 Å². The van der Waals surface area contributed by atoms with Gasteiger partial charge in [-0.15, -0.1) is 5.10 Å². The molecular weight excluding hydrogens is 268 g/mol. The number of anilines is 1. The Labute approximate surface area is 114 Å². The molecule has 1 heterocycles. The minimum atomic E-state index is -0.460. The summed E-state index contributed by atoms with van der Waals surface area (Å²) < 4.78 is 2.12. The molecule has 0 aliphatic heterocycles. The van der Waals surface area contributed by atoms with Crippen molar-refractivity contribution in [1.29, 1.82) is 0 Å². The van der Waals surface area contributed by atoms with Crippen LogP contribution in [-0.2, 0) is 20.6 Å². The van der Waals surface area contributed by atoms with E-state index in [4.69, 9.17) is 11.6 Å². The van der Waals surface area contributed by atoms with Gasteiger partial charge >= 0.3 is 5.69 Å². The van der Waals surface area contributed by atoms with Crippen molar-refractivity contribution in [2.45, 2.75) is 6.54 Å². The van der Waals surface area contributed by atoms with Gasteiger partial charge in [-0.3, -0.25) is 9.36 Å². The number of hydrogen-bond acceptors (Lipinski definition) is 4. The quantitative estimate of drug-likeness (QED) is 0.901. The van der Waals surface area contributed by atoms with Crippen LogP contribution in [0.1, 0.15) is 5.56 Å². The van der Waals surface area contributed by atoms with Crippen LogP contribution in [0.4, 0.5) is 5.82 Å². The van der Waals surface area contributed by atoms with Gasteiger partial charge in [-0.1, -0.05) is 23.7 Å². The third-order valence-electron chi connectivity index (χ3n) is 2.67. The van der Waals surface area contributed by atoms with Gasteiger partial charge in [0.2, 0.25) is 5.82 Å². The monoisotopic (exact) mass is 280 g/mol. The highest BCUT2D eigenvalue weighted by Crippen LogP contribution is 2.11. The van der Waals surface area contributed by atoms with Gasteiger partial charge in [0.1, 0.15) is 0 Å².